The number of nitrogens with zero attached hydrogens (tertiary/aromatic N) is 22. The van der Waals surface area contributed by atoms with Crippen LogP contribution >= 0.6 is 0 Å². The van der Waals surface area contributed by atoms with Gasteiger partial charge in [0.15, 0.2) is 95.0 Å². The number of aromatic amines is 2. The summed E-state index contributed by atoms with van der Waals surface area (Å²) in [5.74, 6) is 1.41. The van der Waals surface area contributed by atoms with Gasteiger partial charge in [-0.3, -0.25) is 0 Å². The average Bonchev–Trinajstić information content (AvgIpc) is 1.63. The van der Waals surface area contributed by atoms with Gasteiger partial charge in [0, 0.05) is 99.3 Å². The Morgan fingerprint density at radius 2 is 0.521 bits per heavy atom. The van der Waals surface area contributed by atoms with Crippen LogP contribution in [0.2, 0.25) is 0 Å². The Morgan fingerprint density at radius 3 is 0.802 bits per heavy atom. The Kier molecular flexibility index (Phi) is 13.2. The van der Waals surface area contributed by atoms with Gasteiger partial charge in [0.1, 0.15) is 87.1 Å². The lowest BCUT2D eigenvalue weighted by atomic mass is 10.1. The molecule has 7 aliphatic rings. The predicted octanol–water partition coefficient (Wildman–Crippen LogP) is 2.02. The van der Waals surface area contributed by atoms with Gasteiger partial charge in [-0.1, -0.05) is 12.2 Å². The molecule has 0 atom stereocenters. The number of H-pyrrole nitrogens is 2. The summed E-state index contributed by atoms with van der Waals surface area (Å²) in [6, 6.07) is 36.0. The fourth-order valence-electron chi connectivity index (χ4n) is 12.6. The van der Waals surface area contributed by atoms with Gasteiger partial charge in [-0.05, 0) is 60.7 Å². The number of pyridine rings is 6. The highest BCUT2D eigenvalue weighted by Crippen LogP contribution is 2.34. The fraction of sp³-hybridized carbons (Fsp3) is 0.111. The molecule has 0 amide bonds. The molecular weight excluding hydrogens is 1200 g/mol. The first-order valence-corrected chi connectivity index (χ1v) is 31.0. The van der Waals surface area contributed by atoms with Crippen LogP contribution in [0.1, 0.15) is 45.6 Å². The van der Waals surface area contributed by atoms with Crippen molar-refractivity contribution in [2.45, 2.75) is 0 Å². The van der Waals surface area contributed by atoms with Gasteiger partial charge in [0.25, 0.3) is 11.4 Å². The number of nitrogens with one attached hydrogen (secondary N) is 2. The van der Waals surface area contributed by atoms with E-state index >= 15 is 0 Å². The molecule has 17 heterocycles. The van der Waals surface area contributed by atoms with E-state index in [0.717, 1.165) is 56.9 Å². The zero-order chi connectivity index (χ0) is 65.0. The van der Waals surface area contributed by atoms with Gasteiger partial charge >= 0.3 is 22.8 Å². The topological polar surface area (TPSA) is 234 Å². The summed E-state index contributed by atoms with van der Waals surface area (Å²) in [6.07, 6.45) is 27.8. The summed E-state index contributed by atoms with van der Waals surface area (Å²) < 4.78 is 12.2. The predicted molar refractivity (Wildman–Crippen MR) is 356 cm³/mol. The monoisotopic (exact) mass is 1260 g/mol. The highest BCUT2D eigenvalue weighted by Gasteiger charge is 2.46. The van der Waals surface area contributed by atoms with Crippen molar-refractivity contribution in [2.75, 3.05) is 14.1 Å². The molecule has 0 unspecified atom stereocenters. The number of rotatable bonds is 6. The van der Waals surface area contributed by atoms with E-state index < -0.39 is 0 Å². The van der Waals surface area contributed by atoms with Crippen molar-refractivity contribution in [1.82, 2.24) is 39.7 Å². The number of hydrogen-bond acceptors (Lipinski definition) is 16. The molecule has 8 bridgehead atoms. The van der Waals surface area contributed by atoms with Crippen molar-refractivity contribution in [3.63, 3.8) is 0 Å². The van der Waals surface area contributed by atoms with Gasteiger partial charge < -0.3 is 9.80 Å². The van der Waals surface area contributed by atoms with E-state index in [0.29, 0.717) is 79.0 Å². The van der Waals surface area contributed by atoms with E-state index in [1.807, 2.05) is 268 Å². The van der Waals surface area contributed by atoms with Gasteiger partial charge in [0.2, 0.25) is 34.4 Å². The molecule has 10 aromatic rings. The Bertz CT molecular complexity index is 5720. The van der Waals surface area contributed by atoms with Crippen molar-refractivity contribution in [3.8, 4) is 68.3 Å². The smallest absolute Gasteiger partial charge is 0.349 e. The summed E-state index contributed by atoms with van der Waals surface area (Å²) in [5.41, 5.74) is 13.3. The lowest BCUT2D eigenvalue weighted by Gasteiger charge is -2.20. The maximum atomic E-state index is 5.58. The van der Waals surface area contributed by atoms with Gasteiger partial charge in [-0.15, -0.1) is 0 Å². The summed E-state index contributed by atoms with van der Waals surface area (Å²) in [7, 11) is 15.9. The van der Waals surface area contributed by atoms with Crippen LogP contribution in [0.25, 0.3) is 79.7 Å². The maximum Gasteiger partial charge on any atom is 0.355 e. The van der Waals surface area contributed by atoms with Crippen LogP contribution in [0.15, 0.2) is 235 Å². The molecule has 2 N–H and O–H groups in total. The molecule has 96 heavy (non-hydrogen) atoms. The molecule has 24 heteroatoms. The Labute approximate surface area is 548 Å². The van der Waals surface area contributed by atoms with Gasteiger partial charge in [-0.2, -0.15) is 42.4 Å². The summed E-state index contributed by atoms with van der Waals surface area (Å²) in [4.78, 5) is 88.6. The number of likely N-dealkylation sites (N-methyl/N-ethyl adjacent to an activating group) is 2. The molecule has 24 nitrogen and oxygen atoms in total. The SMILES string of the molecule is CN1C=CC=CC1=c1nc2c(nc1=C1C=CC=CN1C)C1=NC2=NC2=NC(=NC3=NC(=NC4=NC(=N1)c1nc(-c5cccc[n+]5C)c(-c5cccc[n+]5C)nc14)c1[nH+]c(-c4cccc[n+]4C)c(-c4cccc[n+]4C)[nH+]c13)c1nc(-c3cccc[n+]3C)c(-c3cccc[n+]3C)nc12. The van der Waals surface area contributed by atoms with Crippen molar-refractivity contribution in [3.05, 3.63) is 251 Å². The van der Waals surface area contributed by atoms with Gasteiger partial charge in [0.05, 0.1) is 11.4 Å². The third-order valence-corrected chi connectivity index (χ3v) is 17.5. The van der Waals surface area contributed by atoms with E-state index in [9.17, 15) is 0 Å². The van der Waals surface area contributed by atoms with Gasteiger partial charge in [-0.25, -0.2) is 64.9 Å². The third-order valence-electron chi connectivity index (χ3n) is 17.5. The first kappa shape index (κ1) is 56.8. The van der Waals surface area contributed by atoms with E-state index in [4.69, 9.17) is 69.8 Å². The number of aryl methyl sites for hydroxylation is 6. The van der Waals surface area contributed by atoms with Crippen molar-refractivity contribution < 1.29 is 37.4 Å². The summed E-state index contributed by atoms with van der Waals surface area (Å²) >= 11 is 0. The van der Waals surface area contributed by atoms with E-state index in [1.54, 1.807) is 0 Å². The minimum Gasteiger partial charge on any atom is -0.349 e. The van der Waals surface area contributed by atoms with E-state index in [-0.39, 0.29) is 46.7 Å². The molecule has 0 fully saturated rings. The summed E-state index contributed by atoms with van der Waals surface area (Å²) in [5, 5.41) is 1.14. The summed E-state index contributed by atoms with van der Waals surface area (Å²) in [6.45, 7) is 0. The maximum absolute atomic E-state index is 5.58. The molecule has 7 aliphatic heterocycles. The lowest BCUT2D eigenvalue weighted by molar-refractivity contribution is -0.667. The van der Waals surface area contributed by atoms with Crippen molar-refractivity contribution in [1.29, 1.82) is 0 Å². The molecule has 17 rings (SSSR count). The number of aromatic nitrogens is 14. The first-order valence-electron chi connectivity index (χ1n) is 31.0. The van der Waals surface area contributed by atoms with Crippen LogP contribution in [0.3, 0.4) is 0 Å². The van der Waals surface area contributed by atoms with Crippen LogP contribution in [0.4, 0.5) is 0 Å². The van der Waals surface area contributed by atoms with Crippen LogP contribution in [-0.2, 0) is 42.3 Å². The second-order valence-electron chi connectivity index (χ2n) is 23.7. The molecule has 458 valence electrons. The molecule has 0 saturated heterocycles. The second kappa shape index (κ2) is 22.3. The van der Waals surface area contributed by atoms with Crippen molar-refractivity contribution >= 4 is 58.1 Å². The Morgan fingerprint density at radius 1 is 0.271 bits per heavy atom. The zero-order valence-corrected chi connectivity index (χ0v) is 53.3. The second-order valence-corrected chi connectivity index (χ2v) is 23.7. The van der Waals surface area contributed by atoms with Crippen LogP contribution in [0, 0.1) is 0 Å². The largest absolute Gasteiger partial charge is 0.355 e. The Hall–Kier alpha value is -13.1. The molecule has 0 aromatic carbocycles. The molecule has 10 aromatic heterocycles. The van der Waals surface area contributed by atoms with Crippen molar-refractivity contribution in [2.24, 2.45) is 82.2 Å². The third kappa shape index (κ3) is 9.35. The van der Waals surface area contributed by atoms with Crippen LogP contribution in [0.5, 0.6) is 0 Å². The molecule has 0 radical (unpaired) electrons. The number of fused-ring (bicyclic) bond motifs is 16. The quantitative estimate of drug-likeness (QED) is 0.223. The number of aliphatic imine (C=N–C) groups is 8. The zero-order valence-electron chi connectivity index (χ0n) is 53.3. The minimum absolute atomic E-state index is 0.150. The number of hydrogen-bond donors (Lipinski definition) is 0. The van der Waals surface area contributed by atoms with Crippen LogP contribution in [-0.4, -0.2) is 100 Å². The standard InChI is InChI=1S/C72H56N24/c1-89-33-17-9-25-41(89)49-50(42-26-10-18-34-90(42)2)74-58-57(73-49)65-81-66(58)86-68-61-62(78-54(46-30-14-22-38-94(46)6)53(77-61)45-29-13-21-37-93(45)5)70(83-68)88-72-64-63(79-55(47-31-15-23-39-95(47)7)56(80-64)48-32-16-24-40-96(48)8)71(84-72)87-69-60-59(67(82-69)85-65)75-51(43-27-11-19-35-91(43)3)52(76-60)44-28-12-20-36-92(44)4/h9-40H,1-8H3/q+6/p+2. The first-order chi connectivity index (χ1) is 46.9. The molecular formula is C72H58N24+8. The lowest BCUT2D eigenvalue weighted by Crippen LogP contribution is -2.42. The number of amidine groups is 8. The van der Waals surface area contributed by atoms with E-state index in [1.165, 1.54) is 0 Å². The highest BCUT2D eigenvalue weighted by molar-refractivity contribution is 6.33. The number of allylic oxidation sites excluding steroid dienone is 4. The minimum atomic E-state index is 0.150. The van der Waals surface area contributed by atoms with E-state index in [2.05, 4.69) is 31.2 Å². The molecule has 0 spiro atoms. The average molecular weight is 1260 g/mol. The fourth-order valence-corrected chi connectivity index (χ4v) is 12.6. The van der Waals surface area contributed by atoms with Crippen LogP contribution < -0.4 is 48.1 Å². The highest BCUT2D eigenvalue weighted by atomic mass is 15.2. The molecule has 0 saturated carbocycles. The normalized spacial score (nSPS) is 16.5. The Balaban J connectivity index is 1.01. The molecule has 0 aliphatic carbocycles.